The first-order valence-electron chi connectivity index (χ1n) is 10.7. The number of carbonyl (C=O) groups excluding carboxylic acids is 2. The van der Waals surface area contributed by atoms with Gasteiger partial charge in [0.05, 0.1) is 5.69 Å². The lowest BCUT2D eigenvalue weighted by molar-refractivity contribution is 0.0555. The van der Waals surface area contributed by atoms with Crippen molar-refractivity contribution in [3.05, 3.63) is 53.1 Å². The molecule has 2 unspecified atom stereocenters. The molecule has 7 nitrogen and oxygen atoms in total. The van der Waals surface area contributed by atoms with Gasteiger partial charge < -0.3 is 4.90 Å². The van der Waals surface area contributed by atoms with Crippen LogP contribution in [0.15, 0.2) is 24.9 Å². The molecule has 0 saturated carbocycles. The fourth-order valence-electron chi connectivity index (χ4n) is 4.23. The quantitative estimate of drug-likeness (QED) is 0.494. The number of fused-ring (bicyclic) bond motifs is 1. The van der Waals surface area contributed by atoms with E-state index in [1.165, 1.54) is 4.68 Å². The van der Waals surface area contributed by atoms with Crippen molar-refractivity contribution in [2.24, 2.45) is 0 Å². The van der Waals surface area contributed by atoms with Crippen molar-refractivity contribution in [3.63, 3.8) is 0 Å². The van der Waals surface area contributed by atoms with Crippen LogP contribution < -0.4 is 0 Å². The smallest absolute Gasteiger partial charge is 0.275 e. The summed E-state index contributed by atoms with van der Waals surface area (Å²) in [6.07, 6.45) is 11.1. The number of amides is 1. The molecule has 1 aliphatic carbocycles. The average molecular weight is 410 g/mol. The predicted octanol–water partition coefficient (Wildman–Crippen LogP) is 3.44. The van der Waals surface area contributed by atoms with Gasteiger partial charge in [0.1, 0.15) is 0 Å². The van der Waals surface area contributed by atoms with Gasteiger partial charge in [-0.2, -0.15) is 10.2 Å². The number of hydrogen-bond donors (Lipinski definition) is 0. The van der Waals surface area contributed by atoms with Gasteiger partial charge in [0.25, 0.3) is 5.91 Å². The van der Waals surface area contributed by atoms with Crippen LogP contribution >= 0.6 is 0 Å². The van der Waals surface area contributed by atoms with E-state index in [4.69, 9.17) is 0 Å². The molecule has 2 atom stereocenters. The maximum Gasteiger partial charge on any atom is 0.275 e. The molecular formula is C23H31N5O2. The SMILES string of the molecule is C=C/C=C\c1c(C(=O)N(C(C)CC)C2CCc3nn(C=O)cc3C2)nn(CC)c1C. The van der Waals surface area contributed by atoms with E-state index in [9.17, 15) is 9.59 Å². The highest BCUT2D eigenvalue weighted by Gasteiger charge is 2.34. The highest BCUT2D eigenvalue weighted by molar-refractivity contribution is 5.96. The summed E-state index contributed by atoms with van der Waals surface area (Å²) in [6, 6.07) is 0.126. The Morgan fingerprint density at radius 1 is 1.40 bits per heavy atom. The van der Waals surface area contributed by atoms with Crippen LogP contribution in [0.25, 0.3) is 6.08 Å². The largest absolute Gasteiger partial charge is 0.331 e. The third-order valence-corrected chi connectivity index (χ3v) is 6.02. The highest BCUT2D eigenvalue weighted by Crippen LogP contribution is 2.28. The van der Waals surface area contributed by atoms with Crippen molar-refractivity contribution in [2.45, 2.75) is 72.0 Å². The maximum absolute atomic E-state index is 13.8. The normalized spacial score (nSPS) is 17.0. The van der Waals surface area contributed by atoms with E-state index in [1.807, 2.05) is 35.6 Å². The summed E-state index contributed by atoms with van der Waals surface area (Å²) in [6.45, 7) is 12.6. The summed E-state index contributed by atoms with van der Waals surface area (Å²) in [7, 11) is 0. The maximum atomic E-state index is 13.8. The number of aromatic nitrogens is 4. The minimum Gasteiger partial charge on any atom is -0.331 e. The lowest BCUT2D eigenvalue weighted by Gasteiger charge is -2.38. The Morgan fingerprint density at radius 2 is 2.17 bits per heavy atom. The minimum atomic E-state index is -0.0420. The van der Waals surface area contributed by atoms with E-state index in [1.54, 1.807) is 12.3 Å². The second-order valence-corrected chi connectivity index (χ2v) is 7.81. The van der Waals surface area contributed by atoms with Crippen molar-refractivity contribution in [1.82, 2.24) is 24.5 Å². The fraction of sp³-hybridized carbons (Fsp3) is 0.478. The second kappa shape index (κ2) is 9.24. The van der Waals surface area contributed by atoms with Gasteiger partial charge in [-0.1, -0.05) is 31.7 Å². The molecule has 0 bridgehead atoms. The lowest BCUT2D eigenvalue weighted by atomic mass is 9.91. The Balaban J connectivity index is 1.99. The Kier molecular flexibility index (Phi) is 6.70. The Bertz CT molecular complexity index is 969. The van der Waals surface area contributed by atoms with Gasteiger partial charge in [0, 0.05) is 36.1 Å². The molecule has 0 radical (unpaired) electrons. The van der Waals surface area contributed by atoms with Gasteiger partial charge in [-0.05, 0) is 52.0 Å². The number of rotatable bonds is 8. The molecule has 0 N–H and O–H groups in total. The molecule has 0 spiro atoms. The molecule has 3 rings (SSSR count). The molecule has 0 aromatic carbocycles. The zero-order valence-corrected chi connectivity index (χ0v) is 18.3. The van der Waals surface area contributed by atoms with E-state index in [2.05, 4.69) is 30.6 Å². The van der Waals surface area contributed by atoms with E-state index in [0.29, 0.717) is 25.1 Å². The molecule has 1 aliphatic rings. The fourth-order valence-corrected chi connectivity index (χ4v) is 4.23. The second-order valence-electron chi connectivity index (χ2n) is 7.81. The van der Waals surface area contributed by atoms with Crippen LogP contribution in [0.5, 0.6) is 0 Å². The molecule has 2 aromatic rings. The first-order chi connectivity index (χ1) is 14.4. The van der Waals surface area contributed by atoms with Crippen molar-refractivity contribution < 1.29 is 9.59 Å². The van der Waals surface area contributed by atoms with E-state index < -0.39 is 0 Å². The third-order valence-electron chi connectivity index (χ3n) is 6.02. The summed E-state index contributed by atoms with van der Waals surface area (Å²) in [5, 5.41) is 8.97. The summed E-state index contributed by atoms with van der Waals surface area (Å²) in [5.41, 5.74) is 4.31. The van der Waals surface area contributed by atoms with Crippen LogP contribution in [0, 0.1) is 6.92 Å². The highest BCUT2D eigenvalue weighted by atomic mass is 16.2. The number of nitrogens with zero attached hydrogens (tertiary/aromatic N) is 5. The van der Waals surface area contributed by atoms with Gasteiger partial charge >= 0.3 is 0 Å². The Morgan fingerprint density at radius 3 is 2.80 bits per heavy atom. The Hall–Kier alpha value is -2.96. The molecule has 2 aromatic heterocycles. The first-order valence-corrected chi connectivity index (χ1v) is 10.7. The minimum absolute atomic E-state index is 0.0420. The van der Waals surface area contributed by atoms with E-state index in [-0.39, 0.29) is 18.0 Å². The van der Waals surface area contributed by atoms with Crippen molar-refractivity contribution >= 4 is 18.4 Å². The van der Waals surface area contributed by atoms with Crippen LogP contribution in [-0.2, 0) is 24.2 Å². The van der Waals surface area contributed by atoms with Crippen molar-refractivity contribution in [3.8, 4) is 0 Å². The van der Waals surface area contributed by atoms with Crippen molar-refractivity contribution in [2.75, 3.05) is 0 Å². The van der Waals surface area contributed by atoms with Gasteiger partial charge in [-0.25, -0.2) is 4.68 Å². The topological polar surface area (TPSA) is 73.0 Å². The molecule has 2 heterocycles. The number of allylic oxidation sites excluding steroid dienone is 2. The van der Waals surface area contributed by atoms with Gasteiger partial charge in [-0.15, -0.1) is 0 Å². The van der Waals surface area contributed by atoms with Crippen LogP contribution in [-0.4, -0.2) is 48.9 Å². The average Bonchev–Trinajstić information content (AvgIpc) is 3.32. The van der Waals surface area contributed by atoms with Gasteiger partial charge in [0.15, 0.2) is 5.69 Å². The number of hydrogen-bond acceptors (Lipinski definition) is 4. The van der Waals surface area contributed by atoms with Crippen LogP contribution in [0.2, 0.25) is 0 Å². The van der Waals surface area contributed by atoms with Crippen LogP contribution in [0.4, 0.5) is 0 Å². The monoisotopic (exact) mass is 409 g/mol. The first kappa shape index (κ1) is 21.7. The van der Waals surface area contributed by atoms with E-state index >= 15 is 0 Å². The molecule has 0 aliphatic heterocycles. The molecule has 0 fully saturated rings. The molecule has 1 amide bonds. The lowest BCUT2D eigenvalue weighted by Crippen LogP contribution is -2.48. The predicted molar refractivity (Wildman–Crippen MR) is 118 cm³/mol. The zero-order valence-electron chi connectivity index (χ0n) is 18.3. The van der Waals surface area contributed by atoms with Crippen LogP contribution in [0.3, 0.4) is 0 Å². The molecule has 30 heavy (non-hydrogen) atoms. The van der Waals surface area contributed by atoms with Gasteiger partial charge in [0.2, 0.25) is 6.41 Å². The zero-order chi connectivity index (χ0) is 21.8. The standard InChI is InChI=1S/C23H31N5O2/c1-6-9-10-20-17(5)27(8-3)25-22(20)23(30)28(16(4)7-2)19-11-12-21-18(13-19)14-26(15-29)24-21/h6,9-10,14-16,19H,1,7-8,11-13H2,2-5H3/b10-9-. The summed E-state index contributed by atoms with van der Waals surface area (Å²) >= 11 is 0. The summed E-state index contributed by atoms with van der Waals surface area (Å²) < 4.78 is 3.20. The molecule has 160 valence electrons. The molecule has 7 heteroatoms. The number of carbonyl (C=O) groups is 2. The third kappa shape index (κ3) is 4.01. The number of aryl methyl sites for hydroxylation is 2. The summed E-state index contributed by atoms with van der Waals surface area (Å²) in [4.78, 5) is 26.9. The molecular weight excluding hydrogens is 378 g/mol. The summed E-state index contributed by atoms with van der Waals surface area (Å²) in [5.74, 6) is -0.0420. The van der Waals surface area contributed by atoms with E-state index in [0.717, 1.165) is 41.8 Å². The molecule has 0 saturated heterocycles. The van der Waals surface area contributed by atoms with Crippen molar-refractivity contribution in [1.29, 1.82) is 0 Å². The van der Waals surface area contributed by atoms with Crippen LogP contribution in [0.1, 0.15) is 66.6 Å². The van der Waals surface area contributed by atoms with Gasteiger partial charge in [-0.3, -0.25) is 14.3 Å². The Labute approximate surface area is 178 Å².